The van der Waals surface area contributed by atoms with E-state index in [0.29, 0.717) is 11.1 Å². The molecule has 21 heavy (non-hydrogen) atoms. The first kappa shape index (κ1) is 13.0. The van der Waals surface area contributed by atoms with Crippen LogP contribution >= 0.6 is 0 Å². The molecule has 0 atom stereocenters. The van der Waals surface area contributed by atoms with Crippen LogP contribution in [-0.4, -0.2) is 10.7 Å². The number of fused-ring (bicyclic) bond motifs is 1. The van der Waals surface area contributed by atoms with Gasteiger partial charge in [-0.1, -0.05) is 42.5 Å². The van der Waals surface area contributed by atoms with Crippen molar-refractivity contribution < 1.29 is 9.72 Å². The van der Waals surface area contributed by atoms with Crippen molar-refractivity contribution >= 4 is 22.2 Å². The van der Waals surface area contributed by atoms with Gasteiger partial charge in [0.1, 0.15) is 0 Å². The molecule has 0 amide bonds. The van der Waals surface area contributed by atoms with Gasteiger partial charge in [-0.25, -0.2) is 0 Å². The number of hydrogen-bond acceptors (Lipinski definition) is 3. The Balaban J connectivity index is 2.06. The van der Waals surface area contributed by atoms with Crippen LogP contribution in [0, 0.1) is 10.1 Å². The molecule has 0 aliphatic rings. The van der Waals surface area contributed by atoms with Crippen molar-refractivity contribution in [1.29, 1.82) is 0 Å². The van der Waals surface area contributed by atoms with E-state index in [-0.39, 0.29) is 11.5 Å². The van der Waals surface area contributed by atoms with E-state index < -0.39 is 4.92 Å². The molecule has 0 aliphatic heterocycles. The average molecular weight is 277 g/mol. The van der Waals surface area contributed by atoms with E-state index >= 15 is 0 Å². The first-order chi connectivity index (χ1) is 10.2. The molecule has 0 unspecified atom stereocenters. The Hall–Kier alpha value is -3.01. The van der Waals surface area contributed by atoms with Crippen molar-refractivity contribution in [2.24, 2.45) is 0 Å². The lowest BCUT2D eigenvalue weighted by atomic mass is 9.97. The standard InChI is InChI=1S/C17H11NO3/c19-17(13-8-10-14(11-9-13)18(20)21)16-7-3-5-12-4-1-2-6-15(12)16/h1-11H. The number of benzene rings is 3. The molecular formula is C17H11NO3. The number of ketones is 1. The fraction of sp³-hybridized carbons (Fsp3) is 0. The molecule has 3 aromatic rings. The maximum atomic E-state index is 12.6. The maximum absolute atomic E-state index is 12.6. The zero-order valence-corrected chi connectivity index (χ0v) is 11.0. The van der Waals surface area contributed by atoms with E-state index in [1.54, 1.807) is 6.07 Å². The number of nitrogens with zero attached hydrogens (tertiary/aromatic N) is 1. The highest BCUT2D eigenvalue weighted by Gasteiger charge is 2.13. The largest absolute Gasteiger partial charge is 0.289 e. The summed E-state index contributed by atoms with van der Waals surface area (Å²) in [4.78, 5) is 22.7. The van der Waals surface area contributed by atoms with Crippen LogP contribution in [0.1, 0.15) is 15.9 Å². The van der Waals surface area contributed by atoms with Crippen molar-refractivity contribution in [3.8, 4) is 0 Å². The zero-order valence-electron chi connectivity index (χ0n) is 11.0. The summed E-state index contributed by atoms with van der Waals surface area (Å²) in [5.41, 5.74) is 1.02. The van der Waals surface area contributed by atoms with Gasteiger partial charge in [-0.15, -0.1) is 0 Å². The van der Waals surface area contributed by atoms with E-state index in [1.165, 1.54) is 24.3 Å². The van der Waals surface area contributed by atoms with E-state index in [1.807, 2.05) is 36.4 Å². The second-order valence-corrected chi connectivity index (χ2v) is 4.66. The van der Waals surface area contributed by atoms with Gasteiger partial charge in [0.25, 0.3) is 5.69 Å². The molecule has 102 valence electrons. The molecule has 0 heterocycles. The zero-order chi connectivity index (χ0) is 14.8. The summed E-state index contributed by atoms with van der Waals surface area (Å²) in [5.74, 6) is -0.137. The van der Waals surface area contributed by atoms with Gasteiger partial charge in [0.05, 0.1) is 4.92 Å². The van der Waals surface area contributed by atoms with Crippen LogP contribution in [0.25, 0.3) is 10.8 Å². The molecular weight excluding hydrogens is 266 g/mol. The summed E-state index contributed by atoms with van der Waals surface area (Å²) >= 11 is 0. The van der Waals surface area contributed by atoms with E-state index in [2.05, 4.69) is 0 Å². The van der Waals surface area contributed by atoms with Crippen LogP contribution in [0.15, 0.2) is 66.7 Å². The number of carbonyl (C=O) groups is 1. The van der Waals surface area contributed by atoms with Crippen molar-refractivity contribution in [2.75, 3.05) is 0 Å². The van der Waals surface area contributed by atoms with Crippen LogP contribution in [0.5, 0.6) is 0 Å². The summed E-state index contributed by atoms with van der Waals surface area (Å²) in [7, 11) is 0. The second-order valence-electron chi connectivity index (χ2n) is 4.66. The quantitative estimate of drug-likeness (QED) is 0.413. The predicted molar refractivity (Wildman–Crippen MR) is 80.5 cm³/mol. The lowest BCUT2D eigenvalue weighted by Crippen LogP contribution is -2.02. The van der Waals surface area contributed by atoms with Gasteiger partial charge < -0.3 is 0 Å². The second kappa shape index (κ2) is 5.17. The molecule has 0 spiro atoms. The topological polar surface area (TPSA) is 60.2 Å². The number of hydrogen-bond donors (Lipinski definition) is 0. The monoisotopic (exact) mass is 277 g/mol. The Morgan fingerprint density at radius 1 is 0.857 bits per heavy atom. The molecule has 0 bridgehead atoms. The highest BCUT2D eigenvalue weighted by atomic mass is 16.6. The van der Waals surface area contributed by atoms with E-state index in [4.69, 9.17) is 0 Å². The summed E-state index contributed by atoms with van der Waals surface area (Å²) in [6, 6.07) is 18.9. The van der Waals surface area contributed by atoms with Gasteiger partial charge in [-0.3, -0.25) is 14.9 Å². The van der Waals surface area contributed by atoms with Crippen LogP contribution < -0.4 is 0 Å². The summed E-state index contributed by atoms with van der Waals surface area (Å²) in [6.45, 7) is 0. The van der Waals surface area contributed by atoms with Crippen LogP contribution in [0.4, 0.5) is 5.69 Å². The fourth-order valence-corrected chi connectivity index (χ4v) is 2.31. The summed E-state index contributed by atoms with van der Waals surface area (Å²) in [6.07, 6.45) is 0. The Bertz CT molecular complexity index is 833. The van der Waals surface area contributed by atoms with Gasteiger partial charge in [-0.05, 0) is 22.9 Å². The van der Waals surface area contributed by atoms with Crippen LogP contribution in [-0.2, 0) is 0 Å². The first-order valence-corrected chi connectivity index (χ1v) is 6.44. The number of rotatable bonds is 3. The molecule has 4 nitrogen and oxygen atoms in total. The lowest BCUT2D eigenvalue weighted by molar-refractivity contribution is -0.384. The number of nitro benzene ring substituents is 1. The molecule has 0 saturated carbocycles. The molecule has 0 aromatic heterocycles. The molecule has 4 heteroatoms. The highest BCUT2D eigenvalue weighted by molar-refractivity contribution is 6.16. The SMILES string of the molecule is O=C(c1ccc([N+](=O)[O-])cc1)c1cccc2ccccc12. The van der Waals surface area contributed by atoms with Crippen LogP contribution in [0.2, 0.25) is 0 Å². The molecule has 3 aromatic carbocycles. The Morgan fingerprint density at radius 3 is 2.24 bits per heavy atom. The third-order valence-electron chi connectivity index (χ3n) is 3.37. The van der Waals surface area contributed by atoms with Crippen molar-refractivity contribution in [3.05, 3.63) is 88.0 Å². The minimum absolute atomic E-state index is 0.0236. The van der Waals surface area contributed by atoms with Gasteiger partial charge in [-0.2, -0.15) is 0 Å². The minimum Gasteiger partial charge on any atom is -0.289 e. The third-order valence-corrected chi connectivity index (χ3v) is 3.37. The minimum atomic E-state index is -0.480. The number of nitro groups is 1. The number of carbonyl (C=O) groups excluding carboxylic acids is 1. The molecule has 0 fully saturated rings. The third kappa shape index (κ3) is 2.39. The van der Waals surface area contributed by atoms with Gasteiger partial charge >= 0.3 is 0 Å². The lowest BCUT2D eigenvalue weighted by Gasteiger charge is -2.05. The van der Waals surface area contributed by atoms with E-state index in [0.717, 1.165) is 10.8 Å². The summed E-state index contributed by atoms with van der Waals surface area (Å²) < 4.78 is 0. The normalized spacial score (nSPS) is 10.5. The average Bonchev–Trinajstić information content (AvgIpc) is 2.53. The summed E-state index contributed by atoms with van der Waals surface area (Å²) in [5, 5.41) is 12.5. The molecule has 0 saturated heterocycles. The molecule has 0 aliphatic carbocycles. The predicted octanol–water partition coefficient (Wildman–Crippen LogP) is 3.98. The Morgan fingerprint density at radius 2 is 1.52 bits per heavy atom. The van der Waals surface area contributed by atoms with E-state index in [9.17, 15) is 14.9 Å². The van der Waals surface area contributed by atoms with Crippen molar-refractivity contribution in [3.63, 3.8) is 0 Å². The molecule has 0 N–H and O–H groups in total. The van der Waals surface area contributed by atoms with Gasteiger partial charge in [0.15, 0.2) is 5.78 Å². The Kier molecular flexibility index (Phi) is 3.20. The fourth-order valence-electron chi connectivity index (χ4n) is 2.31. The smallest absolute Gasteiger partial charge is 0.269 e. The van der Waals surface area contributed by atoms with Crippen molar-refractivity contribution in [2.45, 2.75) is 0 Å². The van der Waals surface area contributed by atoms with Gasteiger partial charge in [0, 0.05) is 23.3 Å². The Labute approximate surface area is 120 Å². The molecule has 0 radical (unpaired) electrons. The van der Waals surface area contributed by atoms with Crippen molar-refractivity contribution in [1.82, 2.24) is 0 Å². The first-order valence-electron chi connectivity index (χ1n) is 6.44. The van der Waals surface area contributed by atoms with Crippen LogP contribution in [0.3, 0.4) is 0 Å². The van der Waals surface area contributed by atoms with Gasteiger partial charge in [0.2, 0.25) is 0 Å². The maximum Gasteiger partial charge on any atom is 0.269 e. The molecule has 3 rings (SSSR count). The number of non-ortho nitro benzene ring substituents is 1. The highest BCUT2D eigenvalue weighted by Crippen LogP contribution is 2.22.